The molecular weight excluding hydrogens is 347 g/mol. The summed E-state index contributed by atoms with van der Waals surface area (Å²) in [5.74, 6) is -0.124. The Labute approximate surface area is 141 Å². The Kier molecular flexibility index (Phi) is 5.23. The lowest BCUT2D eigenvalue weighted by Crippen LogP contribution is -2.14. The quantitative estimate of drug-likeness (QED) is 0.866. The van der Waals surface area contributed by atoms with Crippen LogP contribution in [0.1, 0.15) is 15.9 Å². The van der Waals surface area contributed by atoms with Crippen molar-refractivity contribution >= 4 is 23.2 Å². The van der Waals surface area contributed by atoms with E-state index in [4.69, 9.17) is 21.1 Å². The molecule has 0 fully saturated rings. The first-order chi connectivity index (χ1) is 11.3. The standard InChI is InChI=1S/C16H13ClF3NO3/c1-23-13-5-3-4-10(14(13)24-2)15(22)21-9-6-7-12(17)11(8-9)16(18,19)20/h3-8H,1-2H3,(H,21,22). The normalized spacial score (nSPS) is 11.1. The molecule has 24 heavy (non-hydrogen) atoms. The fraction of sp³-hybridized carbons (Fsp3) is 0.188. The minimum Gasteiger partial charge on any atom is -0.493 e. The van der Waals surface area contributed by atoms with E-state index in [9.17, 15) is 18.0 Å². The molecule has 2 rings (SSSR count). The van der Waals surface area contributed by atoms with Crippen molar-refractivity contribution in [3.63, 3.8) is 0 Å². The van der Waals surface area contributed by atoms with Crippen LogP contribution in [-0.2, 0) is 6.18 Å². The zero-order chi connectivity index (χ0) is 17.9. The second-order valence-electron chi connectivity index (χ2n) is 4.69. The number of hydrogen-bond acceptors (Lipinski definition) is 3. The third-order valence-electron chi connectivity index (χ3n) is 3.18. The van der Waals surface area contributed by atoms with Gasteiger partial charge in [0, 0.05) is 5.69 Å². The molecule has 8 heteroatoms. The second-order valence-corrected chi connectivity index (χ2v) is 5.09. The number of carbonyl (C=O) groups excluding carboxylic acids is 1. The molecule has 0 radical (unpaired) electrons. The highest BCUT2D eigenvalue weighted by Crippen LogP contribution is 2.36. The van der Waals surface area contributed by atoms with Crippen LogP contribution in [0.15, 0.2) is 36.4 Å². The van der Waals surface area contributed by atoms with E-state index < -0.39 is 22.7 Å². The van der Waals surface area contributed by atoms with Gasteiger partial charge in [-0.25, -0.2) is 0 Å². The molecule has 0 aliphatic carbocycles. The van der Waals surface area contributed by atoms with E-state index in [1.807, 2.05) is 0 Å². The van der Waals surface area contributed by atoms with E-state index in [-0.39, 0.29) is 17.0 Å². The molecule has 128 valence electrons. The smallest absolute Gasteiger partial charge is 0.417 e. The summed E-state index contributed by atoms with van der Waals surface area (Å²) in [6.07, 6.45) is -4.62. The van der Waals surface area contributed by atoms with Gasteiger partial charge in [-0.1, -0.05) is 17.7 Å². The third kappa shape index (κ3) is 3.73. The highest BCUT2D eigenvalue weighted by atomic mass is 35.5. The lowest BCUT2D eigenvalue weighted by Gasteiger charge is -2.14. The Hall–Kier alpha value is -2.41. The molecule has 1 N–H and O–H groups in total. The Morgan fingerprint density at radius 1 is 1.12 bits per heavy atom. The van der Waals surface area contributed by atoms with Gasteiger partial charge in [0.05, 0.1) is 30.4 Å². The van der Waals surface area contributed by atoms with E-state index in [0.717, 1.165) is 12.1 Å². The van der Waals surface area contributed by atoms with Gasteiger partial charge in [-0.05, 0) is 30.3 Å². The van der Waals surface area contributed by atoms with E-state index in [1.165, 1.54) is 26.4 Å². The number of hydrogen-bond donors (Lipinski definition) is 1. The maximum atomic E-state index is 12.9. The molecule has 2 aromatic rings. The van der Waals surface area contributed by atoms with Gasteiger partial charge < -0.3 is 14.8 Å². The van der Waals surface area contributed by atoms with Gasteiger partial charge in [0.1, 0.15) is 0 Å². The fourth-order valence-electron chi connectivity index (χ4n) is 2.08. The zero-order valence-electron chi connectivity index (χ0n) is 12.7. The van der Waals surface area contributed by atoms with Gasteiger partial charge in [-0.2, -0.15) is 13.2 Å². The predicted octanol–water partition coefficient (Wildman–Crippen LogP) is 4.63. The van der Waals surface area contributed by atoms with Crippen LogP contribution in [0, 0.1) is 0 Å². The van der Waals surface area contributed by atoms with Crippen molar-refractivity contribution in [2.24, 2.45) is 0 Å². The number of nitrogens with one attached hydrogen (secondary N) is 1. The predicted molar refractivity (Wildman–Crippen MR) is 84.0 cm³/mol. The number of methoxy groups -OCH3 is 2. The molecule has 0 unspecified atom stereocenters. The summed E-state index contributed by atoms with van der Waals surface area (Å²) in [6.45, 7) is 0. The zero-order valence-corrected chi connectivity index (χ0v) is 13.5. The maximum absolute atomic E-state index is 12.9. The first-order valence-electron chi connectivity index (χ1n) is 6.67. The molecule has 0 saturated heterocycles. The average Bonchev–Trinajstić information content (AvgIpc) is 2.54. The fourth-order valence-corrected chi connectivity index (χ4v) is 2.31. The molecule has 0 spiro atoms. The van der Waals surface area contributed by atoms with Crippen molar-refractivity contribution in [1.29, 1.82) is 0 Å². The lowest BCUT2D eigenvalue weighted by molar-refractivity contribution is -0.137. The second kappa shape index (κ2) is 7.00. The summed E-state index contributed by atoms with van der Waals surface area (Å²) in [6, 6.07) is 7.76. The van der Waals surface area contributed by atoms with Crippen LogP contribution in [0.3, 0.4) is 0 Å². The van der Waals surface area contributed by atoms with Gasteiger partial charge in [-0.3, -0.25) is 4.79 Å². The Morgan fingerprint density at radius 3 is 2.42 bits per heavy atom. The van der Waals surface area contributed by atoms with Crippen LogP contribution < -0.4 is 14.8 Å². The maximum Gasteiger partial charge on any atom is 0.417 e. The molecule has 0 aromatic heterocycles. The van der Waals surface area contributed by atoms with Crippen molar-refractivity contribution in [2.75, 3.05) is 19.5 Å². The molecule has 0 atom stereocenters. The highest BCUT2D eigenvalue weighted by Gasteiger charge is 2.33. The number of anilines is 1. The minimum atomic E-state index is -4.62. The largest absolute Gasteiger partial charge is 0.493 e. The third-order valence-corrected chi connectivity index (χ3v) is 3.51. The van der Waals surface area contributed by atoms with Crippen molar-refractivity contribution < 1.29 is 27.4 Å². The first-order valence-corrected chi connectivity index (χ1v) is 7.04. The number of amides is 1. The van der Waals surface area contributed by atoms with Gasteiger partial charge in [0.15, 0.2) is 11.5 Å². The van der Waals surface area contributed by atoms with Crippen molar-refractivity contribution in [3.8, 4) is 11.5 Å². The summed E-state index contributed by atoms with van der Waals surface area (Å²) < 4.78 is 48.8. The van der Waals surface area contributed by atoms with Gasteiger partial charge in [-0.15, -0.1) is 0 Å². The Morgan fingerprint density at radius 2 is 1.83 bits per heavy atom. The molecular formula is C16H13ClF3NO3. The highest BCUT2D eigenvalue weighted by molar-refractivity contribution is 6.31. The molecule has 0 aliphatic heterocycles. The van der Waals surface area contributed by atoms with Gasteiger partial charge in [0.2, 0.25) is 0 Å². The minimum absolute atomic E-state index is 0.0402. The van der Waals surface area contributed by atoms with Crippen molar-refractivity contribution in [3.05, 3.63) is 52.5 Å². The topological polar surface area (TPSA) is 47.6 Å². The monoisotopic (exact) mass is 359 g/mol. The molecule has 2 aromatic carbocycles. The summed E-state index contributed by atoms with van der Waals surface area (Å²) in [4.78, 5) is 12.3. The van der Waals surface area contributed by atoms with E-state index in [2.05, 4.69) is 5.32 Å². The van der Waals surface area contributed by atoms with Crippen molar-refractivity contribution in [2.45, 2.75) is 6.18 Å². The van der Waals surface area contributed by atoms with Crippen LogP contribution in [0.5, 0.6) is 11.5 Å². The van der Waals surface area contributed by atoms with E-state index >= 15 is 0 Å². The summed E-state index contributed by atoms with van der Waals surface area (Å²) >= 11 is 5.55. The number of benzene rings is 2. The molecule has 1 amide bonds. The van der Waals surface area contributed by atoms with Crippen LogP contribution in [0.4, 0.5) is 18.9 Å². The Balaban J connectivity index is 2.34. The van der Waals surface area contributed by atoms with E-state index in [1.54, 1.807) is 12.1 Å². The summed E-state index contributed by atoms with van der Waals surface area (Å²) in [5.41, 5.74) is -0.943. The molecule has 0 heterocycles. The summed E-state index contributed by atoms with van der Waals surface area (Å²) in [5, 5.41) is 1.95. The van der Waals surface area contributed by atoms with Crippen LogP contribution >= 0.6 is 11.6 Å². The SMILES string of the molecule is COc1cccc(C(=O)Nc2ccc(Cl)c(C(F)(F)F)c2)c1OC. The number of carbonyl (C=O) groups is 1. The number of rotatable bonds is 4. The molecule has 0 bridgehead atoms. The van der Waals surface area contributed by atoms with Crippen molar-refractivity contribution in [1.82, 2.24) is 0 Å². The number of halogens is 4. The summed E-state index contributed by atoms with van der Waals surface area (Å²) in [7, 11) is 2.77. The van der Waals surface area contributed by atoms with Gasteiger partial charge in [0.25, 0.3) is 5.91 Å². The number of alkyl halides is 3. The molecule has 0 saturated carbocycles. The van der Waals surface area contributed by atoms with Crippen LogP contribution in [0.25, 0.3) is 0 Å². The Bertz CT molecular complexity index is 763. The number of para-hydroxylation sites is 1. The lowest BCUT2D eigenvalue weighted by atomic mass is 10.1. The molecule has 4 nitrogen and oxygen atoms in total. The van der Waals surface area contributed by atoms with E-state index in [0.29, 0.717) is 5.75 Å². The van der Waals surface area contributed by atoms with Crippen LogP contribution in [-0.4, -0.2) is 20.1 Å². The first kappa shape index (κ1) is 17.9. The van der Waals surface area contributed by atoms with Gasteiger partial charge >= 0.3 is 6.18 Å². The molecule has 0 aliphatic rings. The average molecular weight is 360 g/mol. The number of ether oxygens (including phenoxy) is 2. The van der Waals surface area contributed by atoms with Crippen LogP contribution in [0.2, 0.25) is 5.02 Å².